The summed E-state index contributed by atoms with van der Waals surface area (Å²) in [7, 11) is 2.07. The zero-order chi connectivity index (χ0) is 9.26. The number of carbonyl (C=O) groups is 1. The Morgan fingerprint density at radius 3 is 3.15 bits per heavy atom. The molecule has 72 valence electrons. The summed E-state index contributed by atoms with van der Waals surface area (Å²) >= 11 is 0. The van der Waals surface area contributed by atoms with Gasteiger partial charge in [0.25, 0.3) is 0 Å². The predicted octanol–water partition coefficient (Wildman–Crippen LogP) is -0.627. The van der Waals surface area contributed by atoms with Crippen LogP contribution in [0.5, 0.6) is 0 Å². The molecule has 4 heteroatoms. The lowest BCUT2D eigenvalue weighted by Gasteiger charge is -2.32. The number of nitrogens with one attached hydrogen (secondary N) is 1. The van der Waals surface area contributed by atoms with Crippen molar-refractivity contribution in [3.63, 3.8) is 0 Å². The van der Waals surface area contributed by atoms with Crippen LogP contribution in [-0.2, 0) is 9.53 Å². The van der Waals surface area contributed by atoms with Gasteiger partial charge in [0.1, 0.15) is 0 Å². The molecule has 2 rings (SSSR count). The monoisotopic (exact) mass is 182 g/mol. The molecule has 1 fully saturated rings. The summed E-state index contributed by atoms with van der Waals surface area (Å²) in [6.07, 6.45) is 1.69. The van der Waals surface area contributed by atoms with Gasteiger partial charge in [0, 0.05) is 19.2 Å². The third kappa shape index (κ3) is 1.73. The minimum atomic E-state index is 0.0222. The van der Waals surface area contributed by atoms with Gasteiger partial charge in [-0.1, -0.05) is 0 Å². The lowest BCUT2D eigenvalue weighted by Crippen LogP contribution is -2.44. The number of morpholine rings is 1. The van der Waals surface area contributed by atoms with E-state index in [1.165, 1.54) is 0 Å². The van der Waals surface area contributed by atoms with E-state index in [-0.39, 0.29) is 11.9 Å². The molecule has 2 aliphatic heterocycles. The summed E-state index contributed by atoms with van der Waals surface area (Å²) in [5.74, 6) is 0.0222. The molecule has 0 aliphatic carbocycles. The van der Waals surface area contributed by atoms with E-state index in [0.29, 0.717) is 13.2 Å². The molecule has 0 aromatic rings. The molecule has 2 heterocycles. The van der Waals surface area contributed by atoms with Gasteiger partial charge >= 0.3 is 0 Å². The van der Waals surface area contributed by atoms with Gasteiger partial charge in [-0.15, -0.1) is 0 Å². The second-order valence-electron chi connectivity index (χ2n) is 3.51. The summed E-state index contributed by atoms with van der Waals surface area (Å²) in [4.78, 5) is 13.2. The molecule has 0 aromatic heterocycles. The van der Waals surface area contributed by atoms with E-state index in [1.807, 2.05) is 0 Å². The molecular formula is C9H14N2O2. The standard InChI is InChI=1S/C9H14N2O2/c1-11-2-3-13-6-8(11)7-4-9(12)10-5-7/h4,8H,2-3,5-6H2,1H3,(H,10,12). The van der Waals surface area contributed by atoms with Crippen LogP contribution in [0.1, 0.15) is 0 Å². The third-order valence-corrected chi connectivity index (χ3v) is 2.61. The normalized spacial score (nSPS) is 30.1. The second kappa shape index (κ2) is 3.47. The Bertz CT molecular complexity index is 250. The van der Waals surface area contributed by atoms with Crippen molar-refractivity contribution in [3.8, 4) is 0 Å². The maximum Gasteiger partial charge on any atom is 0.244 e. The minimum Gasteiger partial charge on any atom is -0.378 e. The maximum absolute atomic E-state index is 11.0. The van der Waals surface area contributed by atoms with E-state index in [1.54, 1.807) is 6.08 Å². The van der Waals surface area contributed by atoms with Gasteiger partial charge in [0.15, 0.2) is 0 Å². The highest BCUT2D eigenvalue weighted by atomic mass is 16.5. The number of rotatable bonds is 1. The first-order chi connectivity index (χ1) is 6.27. The Hall–Kier alpha value is -0.870. The van der Waals surface area contributed by atoms with Gasteiger partial charge in [-0.3, -0.25) is 9.69 Å². The summed E-state index contributed by atoms with van der Waals surface area (Å²) in [6, 6.07) is 0.285. The van der Waals surface area contributed by atoms with Crippen molar-refractivity contribution < 1.29 is 9.53 Å². The first kappa shape index (κ1) is 8.72. The second-order valence-corrected chi connectivity index (χ2v) is 3.51. The highest BCUT2D eigenvalue weighted by molar-refractivity contribution is 5.91. The number of nitrogens with zero attached hydrogens (tertiary/aromatic N) is 1. The van der Waals surface area contributed by atoms with Crippen molar-refractivity contribution in [1.82, 2.24) is 10.2 Å². The van der Waals surface area contributed by atoms with Crippen LogP contribution in [0.4, 0.5) is 0 Å². The number of hydrogen-bond acceptors (Lipinski definition) is 3. The summed E-state index contributed by atoms with van der Waals surface area (Å²) in [5.41, 5.74) is 1.15. The SMILES string of the molecule is CN1CCOCC1C1=CC(=O)NC1. The molecule has 1 unspecified atom stereocenters. The van der Waals surface area contributed by atoms with E-state index in [0.717, 1.165) is 18.7 Å². The molecular weight excluding hydrogens is 168 g/mol. The highest BCUT2D eigenvalue weighted by Gasteiger charge is 2.26. The fourth-order valence-corrected chi connectivity index (χ4v) is 1.75. The van der Waals surface area contributed by atoms with Crippen LogP contribution >= 0.6 is 0 Å². The van der Waals surface area contributed by atoms with Crippen molar-refractivity contribution in [2.75, 3.05) is 33.4 Å². The van der Waals surface area contributed by atoms with Crippen LogP contribution < -0.4 is 5.32 Å². The molecule has 1 N–H and O–H groups in total. The van der Waals surface area contributed by atoms with Crippen LogP contribution in [0.2, 0.25) is 0 Å². The number of likely N-dealkylation sites (N-methyl/N-ethyl adjacent to an activating group) is 1. The average molecular weight is 182 g/mol. The quantitative estimate of drug-likeness (QED) is 0.587. The van der Waals surface area contributed by atoms with Gasteiger partial charge in [-0.2, -0.15) is 0 Å². The van der Waals surface area contributed by atoms with Gasteiger partial charge < -0.3 is 10.1 Å². The summed E-state index contributed by atoms with van der Waals surface area (Å²) < 4.78 is 5.38. The number of amides is 1. The highest BCUT2D eigenvalue weighted by Crippen LogP contribution is 2.15. The molecule has 0 radical (unpaired) electrons. The van der Waals surface area contributed by atoms with Gasteiger partial charge in [-0.25, -0.2) is 0 Å². The van der Waals surface area contributed by atoms with E-state index in [2.05, 4.69) is 17.3 Å². The third-order valence-electron chi connectivity index (χ3n) is 2.61. The summed E-state index contributed by atoms with van der Waals surface area (Å²) in [6.45, 7) is 3.12. The lowest BCUT2D eigenvalue weighted by molar-refractivity contribution is -0.115. The molecule has 0 saturated carbocycles. The van der Waals surface area contributed by atoms with Crippen molar-refractivity contribution in [2.24, 2.45) is 0 Å². The molecule has 0 spiro atoms. The van der Waals surface area contributed by atoms with Crippen LogP contribution in [0, 0.1) is 0 Å². The Labute approximate surface area is 77.5 Å². The molecule has 1 amide bonds. The van der Waals surface area contributed by atoms with Crippen molar-refractivity contribution in [2.45, 2.75) is 6.04 Å². The van der Waals surface area contributed by atoms with Crippen LogP contribution in [0.3, 0.4) is 0 Å². The fraction of sp³-hybridized carbons (Fsp3) is 0.667. The van der Waals surface area contributed by atoms with Crippen molar-refractivity contribution in [3.05, 3.63) is 11.6 Å². The molecule has 1 atom stereocenters. The van der Waals surface area contributed by atoms with Gasteiger partial charge in [0.05, 0.1) is 19.3 Å². The number of ether oxygens (including phenoxy) is 1. The average Bonchev–Trinajstić information content (AvgIpc) is 2.53. The van der Waals surface area contributed by atoms with Gasteiger partial charge in [0.2, 0.25) is 5.91 Å². The predicted molar refractivity (Wildman–Crippen MR) is 48.3 cm³/mol. The van der Waals surface area contributed by atoms with Gasteiger partial charge in [-0.05, 0) is 12.6 Å². The number of carbonyl (C=O) groups excluding carboxylic acids is 1. The minimum absolute atomic E-state index is 0.0222. The van der Waals surface area contributed by atoms with Crippen molar-refractivity contribution >= 4 is 5.91 Å². The first-order valence-electron chi connectivity index (χ1n) is 4.53. The van der Waals surface area contributed by atoms with Crippen molar-refractivity contribution in [1.29, 1.82) is 0 Å². The Morgan fingerprint density at radius 2 is 2.54 bits per heavy atom. The Morgan fingerprint density at radius 1 is 1.69 bits per heavy atom. The first-order valence-corrected chi connectivity index (χ1v) is 4.53. The molecule has 4 nitrogen and oxygen atoms in total. The van der Waals surface area contributed by atoms with E-state index in [4.69, 9.17) is 4.74 Å². The lowest BCUT2D eigenvalue weighted by atomic mass is 10.1. The Kier molecular flexibility index (Phi) is 2.33. The fourth-order valence-electron chi connectivity index (χ4n) is 1.75. The summed E-state index contributed by atoms with van der Waals surface area (Å²) in [5, 5.41) is 2.77. The molecule has 1 saturated heterocycles. The smallest absolute Gasteiger partial charge is 0.244 e. The molecule has 13 heavy (non-hydrogen) atoms. The molecule has 0 aromatic carbocycles. The molecule has 0 bridgehead atoms. The zero-order valence-corrected chi connectivity index (χ0v) is 7.75. The zero-order valence-electron chi connectivity index (χ0n) is 7.75. The van der Waals surface area contributed by atoms with E-state index < -0.39 is 0 Å². The van der Waals surface area contributed by atoms with Crippen LogP contribution in [0.15, 0.2) is 11.6 Å². The maximum atomic E-state index is 11.0. The Balaban J connectivity index is 2.06. The topological polar surface area (TPSA) is 41.6 Å². The van der Waals surface area contributed by atoms with E-state index >= 15 is 0 Å². The number of hydrogen-bond donors (Lipinski definition) is 1. The largest absolute Gasteiger partial charge is 0.378 e. The molecule has 2 aliphatic rings. The van der Waals surface area contributed by atoms with Crippen LogP contribution in [-0.4, -0.2) is 50.2 Å². The van der Waals surface area contributed by atoms with E-state index in [9.17, 15) is 4.79 Å². The van der Waals surface area contributed by atoms with Crippen LogP contribution in [0.25, 0.3) is 0 Å².